The summed E-state index contributed by atoms with van der Waals surface area (Å²) in [5.74, 6) is 1.88. The molecule has 0 spiro atoms. The van der Waals surface area contributed by atoms with E-state index in [9.17, 15) is 0 Å². The lowest BCUT2D eigenvalue weighted by molar-refractivity contribution is 0.275. The van der Waals surface area contributed by atoms with Gasteiger partial charge >= 0.3 is 0 Å². The fraction of sp³-hybridized carbons (Fsp3) is 0.182. The summed E-state index contributed by atoms with van der Waals surface area (Å²) in [6, 6.07) is 23.9. The average Bonchev–Trinajstić information content (AvgIpc) is 2.73. The highest BCUT2D eigenvalue weighted by Crippen LogP contribution is 2.38. The van der Waals surface area contributed by atoms with Crippen molar-refractivity contribution in [1.29, 1.82) is 0 Å². The Hall–Kier alpha value is -3.18. The fourth-order valence-electron chi connectivity index (χ4n) is 2.70. The van der Waals surface area contributed by atoms with Crippen molar-refractivity contribution >= 4 is 5.69 Å². The van der Waals surface area contributed by atoms with E-state index in [1.165, 1.54) is 0 Å². The van der Waals surface area contributed by atoms with Gasteiger partial charge in [0.2, 0.25) is 5.75 Å². The summed E-state index contributed by atoms with van der Waals surface area (Å²) in [5, 5.41) is 0. The molecule has 140 valence electrons. The number of nitrogens with one attached hydrogen (secondary N) is 2. The van der Waals surface area contributed by atoms with Crippen LogP contribution in [0.1, 0.15) is 11.1 Å². The van der Waals surface area contributed by atoms with Crippen molar-refractivity contribution in [1.82, 2.24) is 5.43 Å². The third-order valence-corrected chi connectivity index (χ3v) is 4.04. The molecule has 3 aromatic rings. The van der Waals surface area contributed by atoms with E-state index in [0.717, 1.165) is 16.8 Å². The molecule has 0 bridgehead atoms. The van der Waals surface area contributed by atoms with Crippen molar-refractivity contribution in [2.24, 2.45) is 0 Å². The van der Waals surface area contributed by atoms with E-state index in [1.807, 2.05) is 72.8 Å². The van der Waals surface area contributed by atoms with Crippen molar-refractivity contribution in [2.45, 2.75) is 13.2 Å². The van der Waals surface area contributed by atoms with E-state index in [-0.39, 0.29) is 0 Å². The summed E-state index contributed by atoms with van der Waals surface area (Å²) in [6.45, 7) is 1.05. The first-order valence-corrected chi connectivity index (χ1v) is 8.75. The first kappa shape index (κ1) is 18.6. The second-order valence-electron chi connectivity index (χ2n) is 5.95. The third-order valence-electron chi connectivity index (χ3n) is 4.04. The minimum absolute atomic E-state index is 0.458. The van der Waals surface area contributed by atoms with Crippen LogP contribution in [0.25, 0.3) is 0 Å². The van der Waals surface area contributed by atoms with E-state index in [1.54, 1.807) is 14.2 Å². The molecule has 2 N–H and O–H groups in total. The number of hydrogen-bond donors (Lipinski definition) is 2. The molecule has 0 saturated carbocycles. The number of ether oxygens (including phenoxy) is 3. The molecule has 0 fully saturated rings. The van der Waals surface area contributed by atoms with Crippen LogP contribution in [0.3, 0.4) is 0 Å². The standard InChI is InChI=1S/C22H24N2O3/c1-25-20-13-18(15-23-24-19-11-7-4-8-12-19)14-21(22(20)26-2)27-16-17-9-5-3-6-10-17/h3-14,23-24H,15-16H2,1-2H3. The number of hydrazine groups is 1. The number of para-hydroxylation sites is 1. The van der Waals surface area contributed by atoms with Crippen molar-refractivity contribution in [3.8, 4) is 17.2 Å². The molecule has 0 aliphatic heterocycles. The second-order valence-corrected chi connectivity index (χ2v) is 5.95. The molecule has 0 unspecified atom stereocenters. The van der Waals surface area contributed by atoms with Crippen LogP contribution in [0.2, 0.25) is 0 Å². The smallest absolute Gasteiger partial charge is 0.203 e. The Bertz CT molecular complexity index is 839. The Kier molecular flexibility index (Phi) is 6.55. The van der Waals surface area contributed by atoms with Gasteiger partial charge in [-0.15, -0.1) is 0 Å². The molecule has 5 nitrogen and oxygen atoms in total. The zero-order valence-electron chi connectivity index (χ0n) is 15.6. The van der Waals surface area contributed by atoms with Crippen LogP contribution in [-0.4, -0.2) is 14.2 Å². The quantitative estimate of drug-likeness (QED) is 0.551. The zero-order valence-corrected chi connectivity index (χ0v) is 15.6. The predicted molar refractivity (Wildman–Crippen MR) is 107 cm³/mol. The minimum atomic E-state index is 0.458. The molecular formula is C22H24N2O3. The van der Waals surface area contributed by atoms with E-state index in [4.69, 9.17) is 14.2 Å². The first-order chi connectivity index (χ1) is 13.3. The highest BCUT2D eigenvalue weighted by Gasteiger charge is 2.14. The van der Waals surface area contributed by atoms with Gasteiger partial charge in [-0.05, 0) is 35.4 Å². The van der Waals surface area contributed by atoms with Crippen molar-refractivity contribution in [3.63, 3.8) is 0 Å². The van der Waals surface area contributed by atoms with Crippen molar-refractivity contribution in [3.05, 3.63) is 83.9 Å². The third kappa shape index (κ3) is 5.15. The second kappa shape index (κ2) is 9.50. The molecule has 27 heavy (non-hydrogen) atoms. The van der Waals surface area contributed by atoms with Crippen LogP contribution in [0.15, 0.2) is 72.8 Å². The average molecular weight is 364 g/mol. The summed E-state index contributed by atoms with van der Waals surface area (Å²) < 4.78 is 17.0. The first-order valence-electron chi connectivity index (χ1n) is 8.75. The van der Waals surface area contributed by atoms with Crippen LogP contribution in [0.4, 0.5) is 5.69 Å². The SMILES string of the molecule is COc1cc(CNNc2ccccc2)cc(OCc2ccccc2)c1OC. The molecule has 0 heterocycles. The van der Waals surface area contributed by atoms with Gasteiger partial charge in [0.1, 0.15) is 6.61 Å². The lowest BCUT2D eigenvalue weighted by Crippen LogP contribution is -2.20. The summed E-state index contributed by atoms with van der Waals surface area (Å²) in [6.07, 6.45) is 0. The van der Waals surface area contributed by atoms with Crippen LogP contribution in [0.5, 0.6) is 17.2 Å². The molecule has 0 amide bonds. The Morgan fingerprint density at radius 3 is 2.07 bits per heavy atom. The fourth-order valence-corrected chi connectivity index (χ4v) is 2.70. The number of methoxy groups -OCH3 is 2. The number of benzene rings is 3. The Morgan fingerprint density at radius 2 is 1.41 bits per heavy atom. The molecule has 0 radical (unpaired) electrons. The summed E-state index contributed by atoms with van der Waals surface area (Å²) in [7, 11) is 3.24. The van der Waals surface area contributed by atoms with Gasteiger partial charge < -0.3 is 19.6 Å². The topological polar surface area (TPSA) is 51.8 Å². The molecule has 0 saturated heterocycles. The highest BCUT2D eigenvalue weighted by atomic mass is 16.5. The molecular weight excluding hydrogens is 340 g/mol. The Balaban J connectivity index is 1.71. The normalized spacial score (nSPS) is 10.3. The lowest BCUT2D eigenvalue weighted by Gasteiger charge is -2.16. The number of rotatable bonds is 9. The maximum Gasteiger partial charge on any atom is 0.203 e. The molecule has 3 aromatic carbocycles. The van der Waals surface area contributed by atoms with E-state index in [2.05, 4.69) is 10.9 Å². The molecule has 0 aromatic heterocycles. The lowest BCUT2D eigenvalue weighted by atomic mass is 10.1. The van der Waals surface area contributed by atoms with Gasteiger partial charge in [0.05, 0.1) is 14.2 Å². The van der Waals surface area contributed by atoms with Gasteiger partial charge in [0, 0.05) is 12.2 Å². The molecule has 0 atom stereocenters. The van der Waals surface area contributed by atoms with E-state index < -0.39 is 0 Å². The van der Waals surface area contributed by atoms with Gasteiger partial charge in [-0.25, -0.2) is 5.43 Å². The van der Waals surface area contributed by atoms with Gasteiger partial charge in [-0.3, -0.25) is 0 Å². The van der Waals surface area contributed by atoms with Crippen LogP contribution in [-0.2, 0) is 13.2 Å². The van der Waals surface area contributed by atoms with E-state index in [0.29, 0.717) is 30.4 Å². The highest BCUT2D eigenvalue weighted by molar-refractivity contribution is 5.54. The van der Waals surface area contributed by atoms with Crippen LogP contribution >= 0.6 is 0 Å². The van der Waals surface area contributed by atoms with Gasteiger partial charge in [-0.1, -0.05) is 48.5 Å². The maximum absolute atomic E-state index is 6.01. The van der Waals surface area contributed by atoms with Gasteiger partial charge in [0.15, 0.2) is 11.5 Å². The molecule has 5 heteroatoms. The van der Waals surface area contributed by atoms with Gasteiger partial charge in [-0.2, -0.15) is 0 Å². The van der Waals surface area contributed by atoms with Crippen molar-refractivity contribution < 1.29 is 14.2 Å². The van der Waals surface area contributed by atoms with Crippen molar-refractivity contribution in [2.75, 3.05) is 19.6 Å². The minimum Gasteiger partial charge on any atom is -0.493 e. The van der Waals surface area contributed by atoms with Gasteiger partial charge in [0.25, 0.3) is 0 Å². The molecule has 3 rings (SSSR count). The van der Waals surface area contributed by atoms with E-state index >= 15 is 0 Å². The largest absolute Gasteiger partial charge is 0.493 e. The number of hydrogen-bond acceptors (Lipinski definition) is 5. The summed E-state index contributed by atoms with van der Waals surface area (Å²) >= 11 is 0. The number of anilines is 1. The predicted octanol–water partition coefficient (Wildman–Crippen LogP) is 4.40. The summed E-state index contributed by atoms with van der Waals surface area (Å²) in [5.41, 5.74) is 9.48. The zero-order chi connectivity index (χ0) is 18.9. The Labute approximate surface area is 159 Å². The maximum atomic E-state index is 6.01. The molecule has 0 aliphatic carbocycles. The van der Waals surface area contributed by atoms with Crippen LogP contribution < -0.4 is 25.1 Å². The Morgan fingerprint density at radius 1 is 0.741 bits per heavy atom. The monoisotopic (exact) mass is 364 g/mol. The molecule has 0 aliphatic rings. The summed E-state index contributed by atoms with van der Waals surface area (Å²) in [4.78, 5) is 0. The van der Waals surface area contributed by atoms with Crippen LogP contribution in [0, 0.1) is 0 Å².